The van der Waals surface area contributed by atoms with E-state index in [1.807, 2.05) is 0 Å². The maximum Gasteiger partial charge on any atom is 0.160 e. The van der Waals surface area contributed by atoms with E-state index in [1.54, 1.807) is 0 Å². The first-order valence-corrected chi connectivity index (χ1v) is 17.0. The summed E-state index contributed by atoms with van der Waals surface area (Å²) < 4.78 is 7.01. The van der Waals surface area contributed by atoms with Gasteiger partial charge in [0.2, 0.25) is 0 Å². The van der Waals surface area contributed by atoms with Crippen molar-refractivity contribution in [3.8, 4) is 22.3 Å². The zero-order chi connectivity index (χ0) is 32.7. The Morgan fingerprint density at radius 1 is 0.469 bits per heavy atom. The van der Waals surface area contributed by atoms with E-state index in [4.69, 9.17) is 4.42 Å². The van der Waals surface area contributed by atoms with E-state index in [2.05, 4.69) is 183 Å². The fraction of sp³-hybridized carbons (Fsp3) is 0.0638. The van der Waals surface area contributed by atoms with Gasteiger partial charge in [-0.15, -0.1) is 0 Å². The Balaban J connectivity index is 1.30. The molecular formula is C47H33NO. The number of hydrogen-bond acceptors (Lipinski definition) is 2. The van der Waals surface area contributed by atoms with Gasteiger partial charge in [0.15, 0.2) is 5.58 Å². The van der Waals surface area contributed by atoms with E-state index >= 15 is 0 Å². The molecule has 0 spiro atoms. The Morgan fingerprint density at radius 2 is 1.12 bits per heavy atom. The molecule has 0 amide bonds. The smallest absolute Gasteiger partial charge is 0.160 e. The second-order valence-corrected chi connectivity index (χ2v) is 13.7. The molecule has 232 valence electrons. The minimum absolute atomic E-state index is 0.123. The molecule has 9 aromatic rings. The lowest BCUT2D eigenvalue weighted by molar-refractivity contribution is 0.660. The number of furan rings is 1. The SMILES string of the molecule is CC1(C)c2ccccc2-c2ccc(N(c3ccc4ccccc4c3)c3ccc(-c4ccccc4)c4c3oc3ccc5ccccc5c34)cc21. The van der Waals surface area contributed by atoms with Crippen molar-refractivity contribution in [2.75, 3.05) is 4.90 Å². The van der Waals surface area contributed by atoms with Gasteiger partial charge < -0.3 is 9.32 Å². The van der Waals surface area contributed by atoms with E-state index in [0.29, 0.717) is 0 Å². The van der Waals surface area contributed by atoms with Crippen LogP contribution in [-0.2, 0) is 5.41 Å². The number of benzene rings is 8. The van der Waals surface area contributed by atoms with Crippen molar-refractivity contribution in [3.63, 3.8) is 0 Å². The molecule has 1 aromatic heterocycles. The molecule has 1 aliphatic carbocycles. The Bertz CT molecular complexity index is 2750. The molecule has 0 atom stereocenters. The predicted molar refractivity (Wildman–Crippen MR) is 206 cm³/mol. The summed E-state index contributed by atoms with van der Waals surface area (Å²) in [6.07, 6.45) is 0. The molecule has 0 aliphatic heterocycles. The molecular weight excluding hydrogens is 595 g/mol. The molecule has 0 fully saturated rings. The van der Waals surface area contributed by atoms with Gasteiger partial charge in [-0.05, 0) is 91.3 Å². The van der Waals surface area contributed by atoms with Crippen LogP contribution in [0.4, 0.5) is 17.1 Å². The molecule has 2 nitrogen and oxygen atoms in total. The minimum Gasteiger partial charge on any atom is -0.454 e. The van der Waals surface area contributed by atoms with Crippen molar-refractivity contribution in [1.29, 1.82) is 0 Å². The first kappa shape index (κ1) is 27.9. The van der Waals surface area contributed by atoms with Gasteiger partial charge in [-0.1, -0.05) is 141 Å². The monoisotopic (exact) mass is 627 g/mol. The molecule has 49 heavy (non-hydrogen) atoms. The number of rotatable bonds is 4. The highest BCUT2D eigenvalue weighted by Gasteiger charge is 2.36. The highest BCUT2D eigenvalue weighted by Crippen LogP contribution is 2.52. The van der Waals surface area contributed by atoms with E-state index in [0.717, 1.165) is 39.0 Å². The van der Waals surface area contributed by atoms with Gasteiger partial charge in [-0.3, -0.25) is 0 Å². The van der Waals surface area contributed by atoms with Crippen LogP contribution in [-0.4, -0.2) is 0 Å². The Kier molecular flexibility index (Phi) is 5.95. The highest BCUT2D eigenvalue weighted by atomic mass is 16.3. The predicted octanol–water partition coefficient (Wildman–Crippen LogP) is 13.3. The lowest BCUT2D eigenvalue weighted by Gasteiger charge is -2.28. The molecule has 0 saturated heterocycles. The molecule has 0 bridgehead atoms. The maximum atomic E-state index is 7.01. The van der Waals surface area contributed by atoms with Crippen molar-refractivity contribution >= 4 is 60.5 Å². The van der Waals surface area contributed by atoms with Crippen molar-refractivity contribution in [2.45, 2.75) is 19.3 Å². The average Bonchev–Trinajstić information content (AvgIpc) is 3.66. The summed E-state index contributed by atoms with van der Waals surface area (Å²) >= 11 is 0. The molecule has 2 heteroatoms. The van der Waals surface area contributed by atoms with Gasteiger partial charge in [-0.25, -0.2) is 0 Å². The normalized spacial score (nSPS) is 13.3. The van der Waals surface area contributed by atoms with Crippen LogP contribution in [0.2, 0.25) is 0 Å². The van der Waals surface area contributed by atoms with Gasteiger partial charge in [-0.2, -0.15) is 0 Å². The maximum absolute atomic E-state index is 7.01. The first-order valence-electron chi connectivity index (χ1n) is 17.0. The number of hydrogen-bond donors (Lipinski definition) is 0. The summed E-state index contributed by atoms with van der Waals surface area (Å²) in [5.41, 5.74) is 12.5. The number of anilines is 3. The summed E-state index contributed by atoms with van der Waals surface area (Å²) in [6.45, 7) is 4.69. The number of fused-ring (bicyclic) bond motifs is 9. The molecule has 1 heterocycles. The summed E-state index contributed by atoms with van der Waals surface area (Å²) in [4.78, 5) is 2.40. The standard InChI is InChI=1S/C47H33NO/c1-47(2)40-19-11-10-18-38(40)39-24-23-35(29-41(39)47)48(34-22-20-30-12-6-7-16-33(30)28-34)42-26-25-37(31-13-4-3-5-14-31)45-44-36-17-9-8-15-32(36)21-27-43(44)49-46(42)45/h3-29H,1-2H3. The van der Waals surface area contributed by atoms with Gasteiger partial charge in [0.1, 0.15) is 5.58 Å². The Labute approximate surface area is 285 Å². The van der Waals surface area contributed by atoms with E-state index in [1.165, 1.54) is 54.9 Å². The van der Waals surface area contributed by atoms with Gasteiger partial charge >= 0.3 is 0 Å². The van der Waals surface area contributed by atoms with Crippen LogP contribution in [0.1, 0.15) is 25.0 Å². The molecule has 8 aromatic carbocycles. The second kappa shape index (κ2) is 10.4. The Hall–Kier alpha value is -6.12. The van der Waals surface area contributed by atoms with E-state index in [9.17, 15) is 0 Å². The van der Waals surface area contributed by atoms with Gasteiger partial charge in [0.25, 0.3) is 0 Å². The van der Waals surface area contributed by atoms with Crippen LogP contribution in [0.3, 0.4) is 0 Å². The molecule has 0 N–H and O–H groups in total. The fourth-order valence-corrected chi connectivity index (χ4v) is 8.24. The fourth-order valence-electron chi connectivity index (χ4n) is 8.24. The number of nitrogens with zero attached hydrogens (tertiary/aromatic N) is 1. The summed E-state index contributed by atoms with van der Waals surface area (Å²) in [5, 5.41) is 7.10. The highest BCUT2D eigenvalue weighted by molar-refractivity contribution is 6.25. The van der Waals surface area contributed by atoms with Crippen molar-refractivity contribution in [2.24, 2.45) is 0 Å². The van der Waals surface area contributed by atoms with Crippen LogP contribution < -0.4 is 4.90 Å². The van der Waals surface area contributed by atoms with E-state index < -0.39 is 0 Å². The van der Waals surface area contributed by atoms with Gasteiger partial charge in [0.05, 0.1) is 5.69 Å². The third-order valence-corrected chi connectivity index (χ3v) is 10.6. The minimum atomic E-state index is -0.123. The molecule has 0 radical (unpaired) electrons. The summed E-state index contributed by atoms with van der Waals surface area (Å²) in [6, 6.07) is 59.4. The second-order valence-electron chi connectivity index (χ2n) is 13.7. The third-order valence-electron chi connectivity index (χ3n) is 10.6. The van der Waals surface area contributed by atoms with Crippen LogP contribution >= 0.6 is 0 Å². The van der Waals surface area contributed by atoms with Crippen molar-refractivity contribution in [3.05, 3.63) is 175 Å². The molecule has 0 unspecified atom stereocenters. The van der Waals surface area contributed by atoms with Crippen LogP contribution in [0.25, 0.3) is 65.7 Å². The summed E-state index contributed by atoms with van der Waals surface area (Å²) in [7, 11) is 0. The first-order chi connectivity index (χ1) is 24.1. The van der Waals surface area contributed by atoms with Crippen molar-refractivity contribution in [1.82, 2.24) is 0 Å². The lowest BCUT2D eigenvalue weighted by atomic mass is 9.82. The molecule has 0 saturated carbocycles. The van der Waals surface area contributed by atoms with Crippen LogP contribution in [0.15, 0.2) is 168 Å². The van der Waals surface area contributed by atoms with Crippen molar-refractivity contribution < 1.29 is 4.42 Å². The molecule has 1 aliphatic rings. The summed E-state index contributed by atoms with van der Waals surface area (Å²) in [5.74, 6) is 0. The molecule has 10 rings (SSSR count). The zero-order valence-electron chi connectivity index (χ0n) is 27.4. The van der Waals surface area contributed by atoms with Crippen LogP contribution in [0, 0.1) is 0 Å². The van der Waals surface area contributed by atoms with Gasteiger partial charge in [0, 0.05) is 27.6 Å². The Morgan fingerprint density at radius 3 is 2.00 bits per heavy atom. The quantitative estimate of drug-likeness (QED) is 0.193. The lowest BCUT2D eigenvalue weighted by Crippen LogP contribution is -2.16. The van der Waals surface area contributed by atoms with E-state index in [-0.39, 0.29) is 5.41 Å². The third kappa shape index (κ3) is 4.14. The topological polar surface area (TPSA) is 16.4 Å². The zero-order valence-corrected chi connectivity index (χ0v) is 27.4. The average molecular weight is 628 g/mol. The van der Waals surface area contributed by atoms with Crippen LogP contribution in [0.5, 0.6) is 0 Å². The largest absolute Gasteiger partial charge is 0.454 e.